The van der Waals surface area contributed by atoms with Crippen molar-refractivity contribution in [3.63, 3.8) is 0 Å². The fourth-order valence-electron chi connectivity index (χ4n) is 4.92. The van der Waals surface area contributed by atoms with E-state index in [0.29, 0.717) is 11.4 Å². The quantitative estimate of drug-likeness (QED) is 0.302. The van der Waals surface area contributed by atoms with E-state index in [2.05, 4.69) is 29.6 Å². The lowest BCUT2D eigenvalue weighted by molar-refractivity contribution is 0.00578. The highest BCUT2D eigenvalue weighted by molar-refractivity contribution is 6.56. The summed E-state index contributed by atoms with van der Waals surface area (Å²) in [5, 5.41) is 2.89. The maximum absolute atomic E-state index is 12.9. The van der Waals surface area contributed by atoms with Gasteiger partial charge in [0.2, 0.25) is 0 Å². The van der Waals surface area contributed by atoms with Gasteiger partial charge < -0.3 is 30.8 Å². The van der Waals surface area contributed by atoms with E-state index in [1.165, 1.54) is 22.3 Å². The van der Waals surface area contributed by atoms with Gasteiger partial charge in [-0.25, -0.2) is 4.79 Å². The summed E-state index contributed by atoms with van der Waals surface area (Å²) in [6.07, 6.45) is 1.40. The molecule has 1 amide bonds. The molecule has 3 aromatic carbocycles. The minimum absolute atomic E-state index is 0.0102. The van der Waals surface area contributed by atoms with Crippen molar-refractivity contribution in [3.8, 4) is 11.1 Å². The van der Waals surface area contributed by atoms with Gasteiger partial charge in [0.05, 0.1) is 22.6 Å². The van der Waals surface area contributed by atoms with E-state index in [0.717, 1.165) is 11.0 Å². The van der Waals surface area contributed by atoms with E-state index in [1.54, 1.807) is 12.1 Å². The van der Waals surface area contributed by atoms with Crippen LogP contribution in [0, 0.1) is 0 Å². The summed E-state index contributed by atoms with van der Waals surface area (Å²) < 4.78 is 18.3. The molecule has 196 valence electrons. The van der Waals surface area contributed by atoms with Crippen LogP contribution in [0.15, 0.2) is 72.2 Å². The van der Waals surface area contributed by atoms with Crippen LogP contribution in [-0.2, 0) is 14.0 Å². The van der Waals surface area contributed by atoms with Crippen molar-refractivity contribution in [1.29, 1.82) is 0 Å². The number of carbonyl (C=O) groups excluding carboxylic acids is 1. The standard InChI is InChI=1S/C30H34BN3O4/c1-29(2)30(3,4)38-31(37-29)20(15-19-13-14-26(32)27(33)16-19)17-34-28(35)36-18-25-23-11-7-5-9-21(23)22-10-6-8-12-24(22)25/h5-16,25H,17-18,32-33H2,1-4H3,(H,34,35). The smallest absolute Gasteiger partial charge is 0.449 e. The highest BCUT2D eigenvalue weighted by Gasteiger charge is 2.52. The topological polar surface area (TPSA) is 109 Å². The Morgan fingerprint density at radius 3 is 2.08 bits per heavy atom. The number of benzene rings is 3. The highest BCUT2D eigenvalue weighted by atomic mass is 16.7. The average Bonchev–Trinajstić information content (AvgIpc) is 3.31. The summed E-state index contributed by atoms with van der Waals surface area (Å²) in [6.45, 7) is 8.38. The molecule has 2 aliphatic rings. The van der Waals surface area contributed by atoms with Crippen LogP contribution in [0.25, 0.3) is 17.2 Å². The first kappa shape index (κ1) is 25.9. The summed E-state index contributed by atoms with van der Waals surface area (Å²) in [5.74, 6) is -0.0102. The zero-order valence-corrected chi connectivity index (χ0v) is 22.3. The summed E-state index contributed by atoms with van der Waals surface area (Å²) in [4.78, 5) is 12.9. The van der Waals surface area contributed by atoms with Crippen molar-refractivity contribution in [3.05, 3.63) is 88.9 Å². The molecule has 0 spiro atoms. The molecule has 0 saturated carbocycles. The second kappa shape index (κ2) is 9.85. The van der Waals surface area contributed by atoms with Crippen LogP contribution in [0.5, 0.6) is 0 Å². The van der Waals surface area contributed by atoms with Crippen LogP contribution in [-0.4, -0.2) is 37.6 Å². The molecule has 3 aromatic rings. The molecule has 0 atom stereocenters. The molecule has 0 radical (unpaired) electrons. The number of nitrogens with one attached hydrogen (secondary N) is 1. The van der Waals surface area contributed by atoms with Gasteiger partial charge in [-0.2, -0.15) is 0 Å². The monoisotopic (exact) mass is 511 g/mol. The number of nitrogen functional groups attached to an aromatic ring is 2. The van der Waals surface area contributed by atoms with Gasteiger partial charge >= 0.3 is 13.2 Å². The molecule has 0 unspecified atom stereocenters. The molecule has 1 fully saturated rings. The lowest BCUT2D eigenvalue weighted by Gasteiger charge is -2.32. The Bertz CT molecular complexity index is 1340. The van der Waals surface area contributed by atoms with Crippen molar-refractivity contribution in [1.82, 2.24) is 5.32 Å². The molecule has 1 aliphatic heterocycles. The molecular weight excluding hydrogens is 477 g/mol. The van der Waals surface area contributed by atoms with Gasteiger partial charge in [-0.3, -0.25) is 0 Å². The predicted octanol–water partition coefficient (Wildman–Crippen LogP) is 5.40. The summed E-state index contributed by atoms with van der Waals surface area (Å²) in [6, 6.07) is 21.9. The minimum Gasteiger partial charge on any atom is -0.449 e. The van der Waals surface area contributed by atoms with E-state index in [1.807, 2.05) is 64.1 Å². The second-order valence-corrected chi connectivity index (χ2v) is 10.9. The van der Waals surface area contributed by atoms with Gasteiger partial charge in [0.1, 0.15) is 6.61 Å². The lowest BCUT2D eigenvalue weighted by Crippen LogP contribution is -2.41. The lowest BCUT2D eigenvalue weighted by atomic mass is 9.77. The Balaban J connectivity index is 1.30. The van der Waals surface area contributed by atoms with Crippen LogP contribution in [0.4, 0.5) is 16.2 Å². The number of fused-ring (bicyclic) bond motifs is 3. The summed E-state index contributed by atoms with van der Waals surface area (Å²) >= 11 is 0. The number of hydrogen-bond donors (Lipinski definition) is 3. The van der Waals surface area contributed by atoms with Crippen molar-refractivity contribution >= 4 is 30.7 Å². The number of ether oxygens (including phenoxy) is 1. The van der Waals surface area contributed by atoms with Crippen molar-refractivity contribution in [2.45, 2.75) is 44.8 Å². The number of rotatable bonds is 6. The number of hydrogen-bond acceptors (Lipinski definition) is 6. The number of anilines is 2. The third-order valence-electron chi connectivity index (χ3n) is 7.80. The SMILES string of the molecule is CC1(C)OB(C(=Cc2ccc(N)c(N)c2)CNC(=O)OCC2c3ccccc3-c3ccccc32)OC1(C)C. The van der Waals surface area contributed by atoms with E-state index in [9.17, 15) is 4.79 Å². The first-order valence-electron chi connectivity index (χ1n) is 12.9. The largest absolute Gasteiger partial charge is 0.492 e. The van der Waals surface area contributed by atoms with Gasteiger partial charge in [0.25, 0.3) is 0 Å². The molecule has 1 saturated heterocycles. The summed E-state index contributed by atoms with van der Waals surface area (Å²) in [5.41, 5.74) is 18.1. The van der Waals surface area contributed by atoms with E-state index < -0.39 is 24.4 Å². The summed E-state index contributed by atoms with van der Waals surface area (Å²) in [7, 11) is -0.646. The van der Waals surface area contributed by atoms with Crippen molar-refractivity contribution in [2.75, 3.05) is 24.6 Å². The number of amides is 1. The maximum Gasteiger partial charge on any atom is 0.492 e. The molecule has 8 heteroatoms. The average molecular weight is 511 g/mol. The molecule has 38 heavy (non-hydrogen) atoms. The van der Waals surface area contributed by atoms with Crippen LogP contribution < -0.4 is 16.8 Å². The van der Waals surface area contributed by atoms with Crippen LogP contribution in [0.2, 0.25) is 0 Å². The maximum atomic E-state index is 12.9. The number of carbonyl (C=O) groups is 1. The highest BCUT2D eigenvalue weighted by Crippen LogP contribution is 2.44. The van der Waals surface area contributed by atoms with Crippen molar-refractivity contribution in [2.24, 2.45) is 0 Å². The fourth-order valence-corrected chi connectivity index (χ4v) is 4.92. The molecule has 1 aliphatic carbocycles. The van der Waals surface area contributed by atoms with Crippen LogP contribution in [0.3, 0.4) is 0 Å². The van der Waals surface area contributed by atoms with Crippen LogP contribution in [0.1, 0.15) is 50.3 Å². The van der Waals surface area contributed by atoms with Gasteiger partial charge in [-0.05, 0) is 73.1 Å². The molecule has 5 N–H and O–H groups in total. The van der Waals surface area contributed by atoms with Crippen molar-refractivity contribution < 1.29 is 18.8 Å². The molecule has 0 aromatic heterocycles. The number of alkyl carbamates (subject to hydrolysis) is 1. The Hall–Kier alpha value is -3.75. The molecule has 7 nitrogen and oxygen atoms in total. The molecule has 1 heterocycles. The van der Waals surface area contributed by atoms with E-state index in [4.69, 9.17) is 25.5 Å². The van der Waals surface area contributed by atoms with Gasteiger partial charge in [-0.15, -0.1) is 0 Å². The number of nitrogens with two attached hydrogens (primary N) is 2. The third kappa shape index (κ3) is 4.89. The Morgan fingerprint density at radius 1 is 0.921 bits per heavy atom. The fraction of sp³-hybridized carbons (Fsp3) is 0.300. The first-order chi connectivity index (χ1) is 18.1. The second-order valence-electron chi connectivity index (χ2n) is 10.9. The first-order valence-corrected chi connectivity index (χ1v) is 12.9. The van der Waals surface area contributed by atoms with Gasteiger partial charge in [-0.1, -0.05) is 60.7 Å². The van der Waals surface area contributed by atoms with Crippen LogP contribution >= 0.6 is 0 Å². The normalized spacial score (nSPS) is 17.7. The zero-order chi connectivity index (χ0) is 27.1. The van der Waals surface area contributed by atoms with E-state index >= 15 is 0 Å². The Kier molecular flexibility index (Phi) is 6.71. The predicted molar refractivity (Wildman–Crippen MR) is 152 cm³/mol. The van der Waals surface area contributed by atoms with E-state index in [-0.39, 0.29) is 19.1 Å². The molecule has 0 bridgehead atoms. The Morgan fingerprint density at radius 2 is 1.50 bits per heavy atom. The minimum atomic E-state index is -0.646. The van der Waals surface area contributed by atoms with Gasteiger partial charge in [0.15, 0.2) is 0 Å². The Labute approximate surface area is 224 Å². The zero-order valence-electron chi connectivity index (χ0n) is 22.3. The molecule has 5 rings (SSSR count). The third-order valence-corrected chi connectivity index (χ3v) is 7.80. The molecular formula is C30H34BN3O4. The van der Waals surface area contributed by atoms with Gasteiger partial charge in [0, 0.05) is 12.5 Å².